The SMILES string of the molecule is O=C(Nc1ncccc1Cl)c1ccc(F)c(F)c1F. The summed E-state index contributed by atoms with van der Waals surface area (Å²) in [5, 5.41) is 2.34. The number of nitrogens with zero attached hydrogens (tertiary/aromatic N) is 1. The second-order valence-corrected chi connectivity index (χ2v) is 3.92. The van der Waals surface area contributed by atoms with E-state index in [0.29, 0.717) is 6.07 Å². The first-order valence-electron chi connectivity index (χ1n) is 5.06. The molecule has 0 radical (unpaired) electrons. The van der Waals surface area contributed by atoms with Crippen LogP contribution in [0.25, 0.3) is 0 Å². The van der Waals surface area contributed by atoms with Gasteiger partial charge in [-0.3, -0.25) is 4.79 Å². The number of carbonyl (C=O) groups is 1. The molecule has 3 nitrogen and oxygen atoms in total. The van der Waals surface area contributed by atoms with Gasteiger partial charge in [0.25, 0.3) is 5.91 Å². The zero-order valence-corrected chi connectivity index (χ0v) is 10.0. The largest absolute Gasteiger partial charge is 0.305 e. The molecule has 98 valence electrons. The molecular weight excluding hydrogens is 281 g/mol. The number of carbonyl (C=O) groups excluding carboxylic acids is 1. The van der Waals surface area contributed by atoms with E-state index < -0.39 is 28.9 Å². The molecule has 0 aliphatic heterocycles. The Bertz CT molecular complexity index is 649. The van der Waals surface area contributed by atoms with Crippen molar-refractivity contribution in [3.05, 3.63) is 58.5 Å². The smallest absolute Gasteiger partial charge is 0.259 e. The lowest BCUT2D eigenvalue weighted by Crippen LogP contribution is -2.16. The molecule has 0 saturated heterocycles. The lowest BCUT2D eigenvalue weighted by Gasteiger charge is -2.07. The third kappa shape index (κ3) is 2.68. The van der Waals surface area contributed by atoms with Gasteiger partial charge in [-0.2, -0.15) is 0 Å². The van der Waals surface area contributed by atoms with Crippen molar-refractivity contribution >= 4 is 23.3 Å². The van der Waals surface area contributed by atoms with Crippen LogP contribution < -0.4 is 5.32 Å². The Morgan fingerprint density at radius 2 is 1.89 bits per heavy atom. The number of aromatic nitrogens is 1. The number of halogens is 4. The highest BCUT2D eigenvalue weighted by Gasteiger charge is 2.19. The first-order chi connectivity index (χ1) is 9.00. The summed E-state index contributed by atoms with van der Waals surface area (Å²) in [5.41, 5.74) is -0.638. The van der Waals surface area contributed by atoms with Crippen molar-refractivity contribution in [2.45, 2.75) is 0 Å². The van der Waals surface area contributed by atoms with Gasteiger partial charge >= 0.3 is 0 Å². The van der Waals surface area contributed by atoms with Gasteiger partial charge in [0.15, 0.2) is 23.3 Å². The lowest BCUT2D eigenvalue weighted by atomic mass is 10.2. The second kappa shape index (κ2) is 5.27. The molecule has 7 heteroatoms. The van der Waals surface area contributed by atoms with E-state index >= 15 is 0 Å². The summed E-state index contributed by atoms with van der Waals surface area (Å²) < 4.78 is 39.1. The maximum atomic E-state index is 13.4. The van der Waals surface area contributed by atoms with Crippen LogP contribution in [0.1, 0.15) is 10.4 Å². The topological polar surface area (TPSA) is 42.0 Å². The van der Waals surface area contributed by atoms with Gasteiger partial charge in [0.05, 0.1) is 10.6 Å². The van der Waals surface area contributed by atoms with E-state index in [2.05, 4.69) is 10.3 Å². The lowest BCUT2D eigenvalue weighted by molar-refractivity contribution is 0.102. The number of nitrogens with one attached hydrogen (secondary N) is 1. The minimum Gasteiger partial charge on any atom is -0.305 e. The second-order valence-electron chi connectivity index (χ2n) is 3.51. The van der Waals surface area contributed by atoms with Crippen LogP contribution in [0.4, 0.5) is 19.0 Å². The van der Waals surface area contributed by atoms with Gasteiger partial charge in [0, 0.05) is 6.20 Å². The number of amides is 1. The Morgan fingerprint density at radius 3 is 2.58 bits per heavy atom. The predicted octanol–water partition coefficient (Wildman–Crippen LogP) is 3.40. The summed E-state index contributed by atoms with van der Waals surface area (Å²) >= 11 is 5.75. The van der Waals surface area contributed by atoms with Crippen LogP contribution in [0.5, 0.6) is 0 Å². The summed E-state index contributed by atoms with van der Waals surface area (Å²) in [6, 6.07) is 4.50. The molecule has 0 unspecified atom stereocenters. The molecule has 1 N–H and O–H groups in total. The average molecular weight is 287 g/mol. The highest BCUT2D eigenvalue weighted by molar-refractivity contribution is 6.33. The van der Waals surface area contributed by atoms with Crippen molar-refractivity contribution in [3.8, 4) is 0 Å². The zero-order valence-electron chi connectivity index (χ0n) is 9.25. The van der Waals surface area contributed by atoms with Crippen molar-refractivity contribution < 1.29 is 18.0 Å². The van der Waals surface area contributed by atoms with Crippen molar-refractivity contribution in [1.82, 2.24) is 4.98 Å². The monoisotopic (exact) mass is 286 g/mol. The van der Waals surface area contributed by atoms with E-state index in [1.165, 1.54) is 18.3 Å². The van der Waals surface area contributed by atoms with Crippen molar-refractivity contribution in [2.75, 3.05) is 5.32 Å². The number of pyridine rings is 1. The summed E-state index contributed by atoms with van der Waals surface area (Å²) in [7, 11) is 0. The van der Waals surface area contributed by atoms with Gasteiger partial charge in [-0.05, 0) is 24.3 Å². The maximum absolute atomic E-state index is 13.4. The van der Waals surface area contributed by atoms with E-state index in [9.17, 15) is 18.0 Å². The Labute approximate surface area is 111 Å². The van der Waals surface area contributed by atoms with Gasteiger partial charge in [0.2, 0.25) is 0 Å². The summed E-state index contributed by atoms with van der Waals surface area (Å²) in [4.78, 5) is 15.5. The third-order valence-corrected chi connectivity index (χ3v) is 2.58. The van der Waals surface area contributed by atoms with Gasteiger partial charge in [-0.1, -0.05) is 11.6 Å². The Morgan fingerprint density at radius 1 is 1.16 bits per heavy atom. The number of benzene rings is 1. The molecule has 1 aromatic carbocycles. The average Bonchev–Trinajstić information content (AvgIpc) is 2.39. The van der Waals surface area contributed by atoms with Gasteiger partial charge < -0.3 is 5.32 Å². The number of hydrogen-bond acceptors (Lipinski definition) is 2. The Hall–Kier alpha value is -2.08. The number of anilines is 1. The molecule has 1 amide bonds. The normalized spacial score (nSPS) is 10.3. The minimum atomic E-state index is -1.71. The van der Waals surface area contributed by atoms with Crippen molar-refractivity contribution in [3.63, 3.8) is 0 Å². The number of rotatable bonds is 2. The molecule has 19 heavy (non-hydrogen) atoms. The highest BCUT2D eigenvalue weighted by Crippen LogP contribution is 2.20. The zero-order chi connectivity index (χ0) is 14.0. The quantitative estimate of drug-likeness (QED) is 0.860. The van der Waals surface area contributed by atoms with Gasteiger partial charge in [-0.25, -0.2) is 18.2 Å². The molecule has 0 saturated carbocycles. The fraction of sp³-hybridized carbons (Fsp3) is 0. The van der Waals surface area contributed by atoms with Crippen LogP contribution in [0.3, 0.4) is 0 Å². The first kappa shape index (κ1) is 13.4. The molecule has 0 aliphatic rings. The molecule has 1 heterocycles. The van der Waals surface area contributed by atoms with Crippen LogP contribution in [0, 0.1) is 17.5 Å². The highest BCUT2D eigenvalue weighted by atomic mass is 35.5. The molecule has 0 aliphatic carbocycles. The summed E-state index contributed by atoms with van der Waals surface area (Å²) in [5.74, 6) is -5.62. The molecule has 0 fully saturated rings. The molecule has 1 aromatic heterocycles. The minimum absolute atomic E-state index is 0.00157. The summed E-state index contributed by atoms with van der Waals surface area (Å²) in [6.45, 7) is 0. The molecule has 2 rings (SSSR count). The molecule has 0 spiro atoms. The Balaban J connectivity index is 2.31. The molecular formula is C12H6ClF3N2O. The summed E-state index contributed by atoms with van der Waals surface area (Å²) in [6.07, 6.45) is 1.36. The van der Waals surface area contributed by atoms with E-state index in [-0.39, 0.29) is 10.8 Å². The van der Waals surface area contributed by atoms with Crippen molar-refractivity contribution in [2.24, 2.45) is 0 Å². The van der Waals surface area contributed by atoms with Gasteiger partial charge in [0.1, 0.15) is 0 Å². The van der Waals surface area contributed by atoms with Crippen molar-refractivity contribution in [1.29, 1.82) is 0 Å². The number of hydrogen-bond donors (Lipinski definition) is 1. The molecule has 0 bridgehead atoms. The van der Waals surface area contributed by atoms with Gasteiger partial charge in [-0.15, -0.1) is 0 Å². The molecule has 0 atom stereocenters. The Kier molecular flexibility index (Phi) is 3.71. The van der Waals surface area contributed by atoms with Crippen LogP contribution in [0.15, 0.2) is 30.5 Å². The van der Waals surface area contributed by atoms with Crippen LogP contribution in [0.2, 0.25) is 5.02 Å². The fourth-order valence-corrected chi connectivity index (χ4v) is 1.52. The predicted molar refractivity (Wildman–Crippen MR) is 63.5 cm³/mol. The fourth-order valence-electron chi connectivity index (χ4n) is 1.35. The van der Waals surface area contributed by atoms with E-state index in [1.807, 2.05) is 0 Å². The standard InChI is InChI=1S/C12H6ClF3N2O/c13-7-2-1-5-17-11(7)18-12(19)6-3-4-8(14)10(16)9(6)15/h1-5H,(H,17,18,19). The first-order valence-corrected chi connectivity index (χ1v) is 5.44. The third-order valence-electron chi connectivity index (χ3n) is 2.27. The molecule has 2 aromatic rings. The van der Waals surface area contributed by atoms with Crippen LogP contribution in [-0.2, 0) is 0 Å². The van der Waals surface area contributed by atoms with E-state index in [4.69, 9.17) is 11.6 Å². The van der Waals surface area contributed by atoms with E-state index in [1.54, 1.807) is 0 Å². The van der Waals surface area contributed by atoms with E-state index in [0.717, 1.165) is 6.07 Å². The van der Waals surface area contributed by atoms with Crippen LogP contribution in [-0.4, -0.2) is 10.9 Å². The van der Waals surface area contributed by atoms with Crippen LogP contribution >= 0.6 is 11.6 Å². The maximum Gasteiger partial charge on any atom is 0.259 e.